The molecular weight excluding hydrogens is 608 g/mol. The molecule has 1 unspecified atom stereocenters. The van der Waals surface area contributed by atoms with Gasteiger partial charge in [-0.1, -0.05) is 91.0 Å². The van der Waals surface area contributed by atoms with Gasteiger partial charge in [-0.2, -0.15) is 0 Å². The average molecular weight is 653 g/mol. The topological polar surface area (TPSA) is 120 Å². The van der Waals surface area contributed by atoms with E-state index >= 15 is 0 Å². The minimum absolute atomic E-state index is 0.0672. The molecule has 0 bridgehead atoms. The third-order valence-electron chi connectivity index (χ3n) is 7.87. The summed E-state index contributed by atoms with van der Waals surface area (Å²) in [5, 5.41) is 5.44. The number of ether oxygens (including phenoxy) is 3. The summed E-state index contributed by atoms with van der Waals surface area (Å²) in [7, 11) is 0. The van der Waals surface area contributed by atoms with Crippen molar-refractivity contribution in [2.24, 2.45) is 5.92 Å². The van der Waals surface area contributed by atoms with Gasteiger partial charge in [0.05, 0.1) is 18.9 Å². The Morgan fingerprint density at radius 3 is 2.00 bits per heavy atom. The van der Waals surface area contributed by atoms with Crippen molar-refractivity contribution in [2.75, 3.05) is 13.2 Å². The Morgan fingerprint density at radius 1 is 0.833 bits per heavy atom. The van der Waals surface area contributed by atoms with E-state index in [1.54, 1.807) is 51.1 Å². The predicted octanol–water partition coefficient (Wildman–Crippen LogP) is 6.79. The van der Waals surface area contributed by atoms with Crippen LogP contribution >= 0.6 is 0 Å². The first-order chi connectivity index (χ1) is 23.0. The van der Waals surface area contributed by atoms with Crippen LogP contribution in [0.4, 0.5) is 4.79 Å². The normalized spacial score (nSPS) is 13.9. The number of allylic oxidation sites excluding steroid dienone is 1. The number of carbonyl (C=O) groups is 4. The average Bonchev–Trinajstić information content (AvgIpc) is 3.38. The highest BCUT2D eigenvalue weighted by atomic mass is 16.6. The highest BCUT2D eigenvalue weighted by Gasteiger charge is 2.31. The summed E-state index contributed by atoms with van der Waals surface area (Å²) in [5.41, 5.74) is 4.31. The Hall–Kier alpha value is -5.18. The number of hydrogen-bond donors (Lipinski definition) is 2. The summed E-state index contributed by atoms with van der Waals surface area (Å²) in [6, 6.07) is 23.9. The van der Waals surface area contributed by atoms with Crippen LogP contribution in [0.5, 0.6) is 0 Å². The summed E-state index contributed by atoms with van der Waals surface area (Å²) in [6.45, 7) is 12.7. The quantitative estimate of drug-likeness (QED) is 0.105. The van der Waals surface area contributed by atoms with Gasteiger partial charge in [0.2, 0.25) is 5.91 Å². The summed E-state index contributed by atoms with van der Waals surface area (Å²) >= 11 is 0. The van der Waals surface area contributed by atoms with Crippen LogP contribution in [0, 0.1) is 5.92 Å². The van der Waals surface area contributed by atoms with Crippen molar-refractivity contribution in [1.29, 1.82) is 0 Å². The maximum Gasteiger partial charge on any atom is 0.407 e. The number of hydrogen-bond acceptors (Lipinski definition) is 7. The van der Waals surface area contributed by atoms with Crippen molar-refractivity contribution >= 4 is 23.9 Å². The lowest BCUT2D eigenvalue weighted by Gasteiger charge is -2.24. The van der Waals surface area contributed by atoms with Crippen molar-refractivity contribution in [3.63, 3.8) is 0 Å². The molecule has 9 heteroatoms. The monoisotopic (exact) mass is 652 g/mol. The van der Waals surface area contributed by atoms with E-state index in [4.69, 9.17) is 14.2 Å². The third kappa shape index (κ3) is 9.67. The van der Waals surface area contributed by atoms with Gasteiger partial charge in [-0.05, 0) is 61.4 Å². The van der Waals surface area contributed by atoms with E-state index in [-0.39, 0.29) is 38.3 Å². The van der Waals surface area contributed by atoms with Crippen LogP contribution < -0.4 is 10.6 Å². The molecule has 0 aliphatic heterocycles. The smallest absolute Gasteiger partial charge is 0.407 e. The largest absolute Gasteiger partial charge is 0.460 e. The molecular formula is C39H44N2O7. The van der Waals surface area contributed by atoms with Crippen molar-refractivity contribution in [3.05, 3.63) is 121 Å². The number of amides is 2. The Morgan fingerprint density at radius 2 is 1.42 bits per heavy atom. The zero-order valence-corrected chi connectivity index (χ0v) is 27.8. The first-order valence-corrected chi connectivity index (χ1v) is 16.1. The van der Waals surface area contributed by atoms with Crippen LogP contribution in [0.2, 0.25) is 0 Å². The molecule has 0 spiro atoms. The molecule has 3 atom stereocenters. The molecule has 2 N–H and O–H groups in total. The first-order valence-electron chi connectivity index (χ1n) is 16.1. The molecule has 3 aromatic carbocycles. The lowest BCUT2D eigenvalue weighted by Crippen LogP contribution is -2.43. The second-order valence-corrected chi connectivity index (χ2v) is 12.6. The number of esters is 2. The van der Waals surface area contributed by atoms with E-state index in [1.165, 1.54) is 6.08 Å². The Bertz CT molecular complexity index is 1570. The van der Waals surface area contributed by atoms with Crippen LogP contribution in [0.15, 0.2) is 104 Å². The molecule has 0 radical (unpaired) electrons. The number of fused-ring (bicyclic) bond motifs is 3. The fourth-order valence-corrected chi connectivity index (χ4v) is 5.69. The second-order valence-electron chi connectivity index (χ2n) is 12.6. The molecule has 0 aromatic heterocycles. The minimum Gasteiger partial charge on any atom is -0.460 e. The van der Waals surface area contributed by atoms with Gasteiger partial charge in [0, 0.05) is 5.92 Å². The van der Waals surface area contributed by atoms with Gasteiger partial charge in [0.15, 0.2) is 0 Å². The minimum atomic E-state index is -1.08. The summed E-state index contributed by atoms with van der Waals surface area (Å²) in [5.74, 6) is -2.48. The molecule has 0 heterocycles. The Labute approximate surface area is 282 Å². The number of nitrogens with one attached hydrogen (secondary N) is 2. The van der Waals surface area contributed by atoms with Gasteiger partial charge in [-0.3, -0.25) is 9.59 Å². The number of benzene rings is 3. The van der Waals surface area contributed by atoms with Gasteiger partial charge in [-0.15, -0.1) is 13.2 Å². The molecule has 1 aliphatic rings. The number of alkyl carbamates (subject to hydrolysis) is 1. The van der Waals surface area contributed by atoms with Gasteiger partial charge in [0.1, 0.15) is 24.4 Å². The fourth-order valence-electron chi connectivity index (χ4n) is 5.69. The molecule has 0 saturated heterocycles. The van der Waals surface area contributed by atoms with E-state index in [0.717, 1.165) is 22.3 Å². The highest BCUT2D eigenvalue weighted by Crippen LogP contribution is 2.44. The summed E-state index contributed by atoms with van der Waals surface area (Å²) in [4.78, 5) is 52.1. The first kappa shape index (κ1) is 35.7. The van der Waals surface area contributed by atoms with Crippen LogP contribution in [0.25, 0.3) is 11.1 Å². The van der Waals surface area contributed by atoms with Crippen molar-refractivity contribution < 1.29 is 33.4 Å². The molecule has 3 aromatic rings. The zero-order chi connectivity index (χ0) is 34.7. The zero-order valence-electron chi connectivity index (χ0n) is 27.8. The number of carbonyl (C=O) groups excluding carboxylic acids is 4. The molecule has 4 rings (SSSR count). The molecule has 0 fully saturated rings. The third-order valence-corrected chi connectivity index (χ3v) is 7.87. The highest BCUT2D eigenvalue weighted by molar-refractivity contribution is 5.84. The molecule has 252 valence electrons. The van der Waals surface area contributed by atoms with Crippen molar-refractivity contribution in [2.45, 2.75) is 63.7 Å². The second kappa shape index (κ2) is 16.6. The molecule has 1 aliphatic carbocycles. The van der Waals surface area contributed by atoms with E-state index in [9.17, 15) is 19.2 Å². The standard InChI is InChI=1S/C39H44N2O7/c1-6-15-27(23-35(42)48-39(3,4)5)36(43)40-24-34(26-17-9-8-10-18-26)47-37(44)33(16-7-2)41-38(45)46-25-32-30-21-13-11-19-28(30)29-20-12-14-22-31(29)32/h6-14,17-22,27,32-34H,1-2,15-16,23-25H2,3-5H3,(H,40,43)(H,41,45)/t27?,33-,34+/m1/s1. The van der Waals surface area contributed by atoms with Gasteiger partial charge in [0.25, 0.3) is 0 Å². The van der Waals surface area contributed by atoms with Crippen molar-refractivity contribution in [1.82, 2.24) is 10.6 Å². The van der Waals surface area contributed by atoms with Crippen LogP contribution in [0.1, 0.15) is 68.7 Å². The van der Waals surface area contributed by atoms with Gasteiger partial charge < -0.3 is 24.8 Å². The lowest BCUT2D eigenvalue weighted by molar-refractivity contribution is -0.157. The Balaban J connectivity index is 1.40. The van der Waals surface area contributed by atoms with Gasteiger partial charge >= 0.3 is 18.0 Å². The van der Waals surface area contributed by atoms with Crippen LogP contribution in [-0.4, -0.2) is 48.7 Å². The maximum atomic E-state index is 13.5. The van der Waals surface area contributed by atoms with Gasteiger partial charge in [-0.25, -0.2) is 9.59 Å². The van der Waals surface area contributed by atoms with Crippen molar-refractivity contribution in [3.8, 4) is 11.1 Å². The van der Waals surface area contributed by atoms with E-state index in [2.05, 4.69) is 35.9 Å². The SMILES string of the molecule is C=CCC(CC(=O)OC(C)(C)C)C(=O)NC[C@H](OC(=O)[C@@H](CC=C)NC(=O)OCC1c2ccccc2-c2ccccc21)c1ccccc1. The van der Waals surface area contributed by atoms with E-state index in [0.29, 0.717) is 5.56 Å². The van der Waals surface area contributed by atoms with Crippen LogP contribution in [-0.2, 0) is 28.6 Å². The Kier molecular flexibility index (Phi) is 12.3. The van der Waals surface area contributed by atoms with E-state index in [1.807, 2.05) is 42.5 Å². The molecule has 0 saturated carbocycles. The summed E-state index contributed by atoms with van der Waals surface area (Å²) < 4.78 is 16.9. The predicted molar refractivity (Wildman–Crippen MR) is 184 cm³/mol. The number of rotatable bonds is 15. The van der Waals surface area contributed by atoms with Crippen LogP contribution in [0.3, 0.4) is 0 Å². The van der Waals surface area contributed by atoms with E-state index < -0.39 is 47.6 Å². The molecule has 2 amide bonds. The maximum absolute atomic E-state index is 13.5. The summed E-state index contributed by atoms with van der Waals surface area (Å²) in [6.07, 6.45) is 1.64. The fraction of sp³-hybridized carbons (Fsp3) is 0.333. The lowest BCUT2D eigenvalue weighted by atomic mass is 9.98. The molecule has 9 nitrogen and oxygen atoms in total. The molecule has 48 heavy (non-hydrogen) atoms.